The molecule has 0 aliphatic heterocycles. The number of benzene rings is 2. The van der Waals surface area contributed by atoms with Crippen molar-refractivity contribution >= 4 is 15.9 Å². The van der Waals surface area contributed by atoms with E-state index in [4.69, 9.17) is 14.3 Å². The summed E-state index contributed by atoms with van der Waals surface area (Å²) >= 11 is 0. The average Bonchev–Trinajstić information content (AvgIpc) is 3.20. The summed E-state index contributed by atoms with van der Waals surface area (Å²) in [6, 6.07) is 17.3. The number of ether oxygens (including phenoxy) is 1. The molecule has 0 saturated carbocycles. The number of para-hydroxylation sites is 1. The first-order chi connectivity index (χ1) is 14.4. The lowest BCUT2D eigenvalue weighted by molar-refractivity contribution is -0.121. The van der Waals surface area contributed by atoms with Crippen molar-refractivity contribution in [2.45, 2.75) is 31.2 Å². The zero-order chi connectivity index (χ0) is 21.6. The van der Waals surface area contributed by atoms with Gasteiger partial charge in [0.25, 0.3) is 0 Å². The molecule has 3 N–H and O–H groups in total. The summed E-state index contributed by atoms with van der Waals surface area (Å²) < 4.78 is 34.0. The van der Waals surface area contributed by atoms with Gasteiger partial charge in [0.2, 0.25) is 15.9 Å². The second kappa shape index (κ2) is 9.60. The van der Waals surface area contributed by atoms with Crippen molar-refractivity contribution in [2.75, 3.05) is 6.61 Å². The molecule has 8 heteroatoms. The lowest BCUT2D eigenvalue weighted by Crippen LogP contribution is -2.22. The van der Waals surface area contributed by atoms with Crippen molar-refractivity contribution in [3.63, 3.8) is 0 Å². The fourth-order valence-electron chi connectivity index (χ4n) is 2.97. The topological polar surface area (TPSA) is 112 Å². The molecule has 0 fully saturated rings. The third-order valence-electron chi connectivity index (χ3n) is 4.48. The monoisotopic (exact) mass is 428 g/mol. The van der Waals surface area contributed by atoms with E-state index in [1.54, 1.807) is 24.3 Å². The summed E-state index contributed by atoms with van der Waals surface area (Å²) in [4.78, 5) is 12.2. The maximum absolute atomic E-state index is 12.2. The average molecular weight is 429 g/mol. The minimum absolute atomic E-state index is 0.0382. The summed E-state index contributed by atoms with van der Waals surface area (Å²) in [5, 5.41) is 7.95. The van der Waals surface area contributed by atoms with E-state index in [9.17, 15) is 13.2 Å². The fraction of sp³-hybridized carbons (Fsp3) is 0.227. The number of furan rings is 1. The third kappa shape index (κ3) is 5.71. The van der Waals surface area contributed by atoms with E-state index in [0.717, 1.165) is 11.3 Å². The van der Waals surface area contributed by atoms with Gasteiger partial charge in [-0.1, -0.05) is 18.2 Å². The largest absolute Gasteiger partial charge is 0.494 e. The third-order valence-corrected chi connectivity index (χ3v) is 5.41. The Morgan fingerprint density at radius 2 is 1.80 bits per heavy atom. The minimum Gasteiger partial charge on any atom is -0.494 e. The van der Waals surface area contributed by atoms with Crippen LogP contribution in [0.5, 0.6) is 5.75 Å². The number of primary sulfonamides is 1. The van der Waals surface area contributed by atoms with Gasteiger partial charge >= 0.3 is 0 Å². The minimum atomic E-state index is -3.73. The lowest BCUT2D eigenvalue weighted by atomic mass is 10.1. The number of rotatable bonds is 9. The van der Waals surface area contributed by atoms with Crippen LogP contribution in [-0.2, 0) is 27.8 Å². The molecule has 2 aromatic carbocycles. The smallest absolute Gasteiger partial charge is 0.238 e. The molecule has 0 spiro atoms. The molecule has 0 saturated heterocycles. The molecule has 0 atom stereocenters. The highest BCUT2D eigenvalue weighted by Gasteiger charge is 2.11. The van der Waals surface area contributed by atoms with Crippen LogP contribution in [0.25, 0.3) is 11.3 Å². The normalized spacial score (nSPS) is 11.3. The zero-order valence-electron chi connectivity index (χ0n) is 16.6. The first kappa shape index (κ1) is 21.6. The highest BCUT2D eigenvalue weighted by atomic mass is 32.2. The number of nitrogens with two attached hydrogens (primary N) is 1. The summed E-state index contributed by atoms with van der Waals surface area (Å²) in [6.07, 6.45) is 0.925. The quantitative estimate of drug-likeness (QED) is 0.543. The molecule has 0 radical (unpaired) electrons. The van der Waals surface area contributed by atoms with E-state index in [-0.39, 0.29) is 17.3 Å². The second-order valence-electron chi connectivity index (χ2n) is 6.65. The standard InChI is InChI=1S/C22H24N2O5S/c1-2-28-20-6-4-3-5-16(20)9-14-22(25)24-15-18-10-13-21(29-18)17-7-11-19(12-8-17)30(23,26)27/h3-8,10-13H,2,9,14-15H2,1H3,(H,24,25)(H2,23,26,27). The Morgan fingerprint density at radius 3 is 2.50 bits per heavy atom. The number of hydrogen-bond donors (Lipinski definition) is 2. The second-order valence-corrected chi connectivity index (χ2v) is 8.21. The van der Waals surface area contributed by atoms with E-state index >= 15 is 0 Å². The van der Waals surface area contributed by atoms with Crippen molar-refractivity contribution in [2.24, 2.45) is 5.14 Å². The molecule has 1 aromatic heterocycles. The maximum Gasteiger partial charge on any atom is 0.238 e. The summed E-state index contributed by atoms with van der Waals surface area (Å²) in [5.41, 5.74) is 1.71. The lowest BCUT2D eigenvalue weighted by Gasteiger charge is -2.09. The van der Waals surface area contributed by atoms with Crippen LogP contribution in [-0.4, -0.2) is 20.9 Å². The van der Waals surface area contributed by atoms with Gasteiger partial charge in [-0.2, -0.15) is 0 Å². The van der Waals surface area contributed by atoms with E-state index in [1.807, 2.05) is 31.2 Å². The number of aryl methyl sites for hydroxylation is 1. The van der Waals surface area contributed by atoms with Crippen molar-refractivity contribution in [3.8, 4) is 17.1 Å². The van der Waals surface area contributed by atoms with Gasteiger partial charge in [0.1, 0.15) is 17.3 Å². The predicted octanol–water partition coefficient (Wildman–Crippen LogP) is 3.24. The molecule has 3 rings (SSSR count). The van der Waals surface area contributed by atoms with Gasteiger partial charge in [0, 0.05) is 12.0 Å². The van der Waals surface area contributed by atoms with Crippen LogP contribution in [0.2, 0.25) is 0 Å². The first-order valence-corrected chi connectivity index (χ1v) is 11.1. The van der Waals surface area contributed by atoms with Crippen LogP contribution in [0.1, 0.15) is 24.7 Å². The van der Waals surface area contributed by atoms with Gasteiger partial charge in [0.05, 0.1) is 18.0 Å². The Balaban J connectivity index is 1.53. The molecular formula is C22H24N2O5S. The van der Waals surface area contributed by atoms with Gasteiger partial charge in [-0.05, 0) is 61.4 Å². The summed E-state index contributed by atoms with van der Waals surface area (Å²) in [6.45, 7) is 2.77. The highest BCUT2D eigenvalue weighted by molar-refractivity contribution is 7.89. The molecule has 1 amide bonds. The number of hydrogen-bond acceptors (Lipinski definition) is 5. The van der Waals surface area contributed by atoms with Crippen molar-refractivity contribution < 1.29 is 22.4 Å². The molecule has 0 aliphatic rings. The van der Waals surface area contributed by atoms with E-state index in [0.29, 0.717) is 36.5 Å². The highest BCUT2D eigenvalue weighted by Crippen LogP contribution is 2.24. The van der Waals surface area contributed by atoms with E-state index < -0.39 is 10.0 Å². The Morgan fingerprint density at radius 1 is 1.07 bits per heavy atom. The Bertz CT molecular complexity index is 1100. The van der Waals surface area contributed by atoms with Crippen molar-refractivity contribution in [1.29, 1.82) is 0 Å². The van der Waals surface area contributed by atoms with E-state index in [2.05, 4.69) is 5.32 Å². The van der Waals surface area contributed by atoms with Crippen molar-refractivity contribution in [3.05, 3.63) is 72.0 Å². The first-order valence-electron chi connectivity index (χ1n) is 9.56. The molecule has 0 bridgehead atoms. The Hall–Kier alpha value is -3.10. The Kier molecular flexibility index (Phi) is 6.91. The number of carbonyl (C=O) groups is 1. The van der Waals surface area contributed by atoms with Gasteiger partial charge in [-0.25, -0.2) is 13.6 Å². The molecule has 30 heavy (non-hydrogen) atoms. The van der Waals surface area contributed by atoms with Gasteiger partial charge in [-0.3, -0.25) is 4.79 Å². The maximum atomic E-state index is 12.2. The zero-order valence-corrected chi connectivity index (χ0v) is 17.4. The van der Waals surface area contributed by atoms with Crippen LogP contribution in [0.4, 0.5) is 0 Å². The van der Waals surface area contributed by atoms with Crippen molar-refractivity contribution in [1.82, 2.24) is 5.32 Å². The van der Waals surface area contributed by atoms with Crippen LogP contribution < -0.4 is 15.2 Å². The molecule has 0 aliphatic carbocycles. The van der Waals surface area contributed by atoms with Crippen LogP contribution in [0.15, 0.2) is 70.0 Å². The Labute approximate surface area is 175 Å². The molecule has 158 valence electrons. The van der Waals surface area contributed by atoms with Gasteiger partial charge in [-0.15, -0.1) is 0 Å². The molecule has 3 aromatic rings. The number of nitrogens with one attached hydrogen (secondary N) is 1. The summed E-state index contributed by atoms with van der Waals surface area (Å²) in [5.74, 6) is 1.89. The predicted molar refractivity (Wildman–Crippen MR) is 113 cm³/mol. The molecular weight excluding hydrogens is 404 g/mol. The van der Waals surface area contributed by atoms with E-state index in [1.165, 1.54) is 12.1 Å². The number of carbonyl (C=O) groups excluding carboxylic acids is 1. The molecule has 1 heterocycles. The van der Waals surface area contributed by atoms with Gasteiger partial charge in [0.15, 0.2) is 0 Å². The van der Waals surface area contributed by atoms with Gasteiger partial charge < -0.3 is 14.5 Å². The number of amides is 1. The molecule has 0 unspecified atom stereocenters. The summed E-state index contributed by atoms with van der Waals surface area (Å²) in [7, 11) is -3.73. The molecule has 7 nitrogen and oxygen atoms in total. The SMILES string of the molecule is CCOc1ccccc1CCC(=O)NCc1ccc(-c2ccc(S(N)(=O)=O)cc2)o1. The van der Waals surface area contributed by atoms with Crippen LogP contribution >= 0.6 is 0 Å². The van der Waals surface area contributed by atoms with Crippen LogP contribution in [0.3, 0.4) is 0 Å². The fourth-order valence-corrected chi connectivity index (χ4v) is 3.48. The van der Waals surface area contributed by atoms with Crippen LogP contribution in [0, 0.1) is 0 Å². The number of sulfonamides is 1.